The molecular weight excluding hydrogens is 316 g/mol. The van der Waals surface area contributed by atoms with Gasteiger partial charge in [0.25, 0.3) is 0 Å². The Morgan fingerprint density at radius 2 is 1.48 bits per heavy atom. The lowest BCUT2D eigenvalue weighted by Crippen LogP contribution is -2.42. The molecule has 0 N–H and O–H groups in total. The maximum atomic E-state index is 12.6. The largest absolute Gasteiger partial charge is 0.465 e. The van der Waals surface area contributed by atoms with Crippen molar-refractivity contribution in [2.45, 2.75) is 67.2 Å². The van der Waals surface area contributed by atoms with Gasteiger partial charge in [-0.1, -0.05) is 28.9 Å². The summed E-state index contributed by atoms with van der Waals surface area (Å²) in [6.07, 6.45) is 6.45. The third-order valence-electron chi connectivity index (χ3n) is 3.83. The van der Waals surface area contributed by atoms with Gasteiger partial charge in [0.15, 0.2) is 5.41 Å². The highest BCUT2D eigenvalue weighted by Crippen LogP contribution is 2.35. The van der Waals surface area contributed by atoms with E-state index < -0.39 is 17.4 Å². The van der Waals surface area contributed by atoms with Gasteiger partial charge in [-0.2, -0.15) is 0 Å². The van der Waals surface area contributed by atoms with Crippen LogP contribution in [0.5, 0.6) is 0 Å². The number of esters is 2. The third-order valence-corrected chi connectivity index (χ3v) is 3.83. The number of allylic oxidation sites excluding steroid dienone is 5. The van der Waals surface area contributed by atoms with Crippen molar-refractivity contribution in [3.8, 4) is 0 Å². The van der Waals surface area contributed by atoms with Crippen LogP contribution in [-0.4, -0.2) is 25.2 Å². The van der Waals surface area contributed by atoms with Gasteiger partial charge in [0.2, 0.25) is 0 Å². The van der Waals surface area contributed by atoms with Crippen molar-refractivity contribution < 1.29 is 19.1 Å². The molecule has 0 aromatic rings. The van der Waals surface area contributed by atoms with Gasteiger partial charge in [-0.05, 0) is 67.2 Å². The summed E-state index contributed by atoms with van der Waals surface area (Å²) < 4.78 is 10.4. The lowest BCUT2D eigenvalue weighted by Gasteiger charge is -2.28. The monoisotopic (exact) mass is 350 g/mol. The van der Waals surface area contributed by atoms with E-state index in [4.69, 9.17) is 9.47 Å². The number of carbonyl (C=O) groups is 2. The molecular formula is C21H34O4. The molecule has 0 aliphatic carbocycles. The Morgan fingerprint density at radius 3 is 1.88 bits per heavy atom. The van der Waals surface area contributed by atoms with Crippen molar-refractivity contribution >= 4 is 11.9 Å². The van der Waals surface area contributed by atoms with Gasteiger partial charge >= 0.3 is 11.9 Å². The summed E-state index contributed by atoms with van der Waals surface area (Å²) >= 11 is 0. The zero-order chi connectivity index (χ0) is 19.5. The van der Waals surface area contributed by atoms with E-state index in [0.29, 0.717) is 0 Å². The third kappa shape index (κ3) is 8.19. The summed E-state index contributed by atoms with van der Waals surface area (Å²) in [5.74, 6) is -1.07. The Balaban J connectivity index is 5.52. The zero-order valence-electron chi connectivity index (χ0n) is 16.7. The highest BCUT2D eigenvalue weighted by Gasteiger charge is 2.47. The molecule has 0 saturated carbocycles. The molecule has 0 radical (unpaired) electrons. The fraction of sp³-hybridized carbons (Fsp3) is 0.619. The number of rotatable bonds is 11. The normalized spacial score (nSPS) is 11.7. The minimum atomic E-state index is -1.35. The molecule has 0 heterocycles. The van der Waals surface area contributed by atoms with Crippen LogP contribution in [0.3, 0.4) is 0 Å². The fourth-order valence-corrected chi connectivity index (χ4v) is 2.56. The van der Waals surface area contributed by atoms with Gasteiger partial charge < -0.3 is 9.47 Å². The van der Waals surface area contributed by atoms with Gasteiger partial charge in [0.05, 0.1) is 13.2 Å². The number of hydrogen-bond acceptors (Lipinski definition) is 4. The molecule has 25 heavy (non-hydrogen) atoms. The van der Waals surface area contributed by atoms with Gasteiger partial charge in [-0.25, -0.2) is 0 Å². The lowest BCUT2D eigenvalue weighted by atomic mass is 9.78. The highest BCUT2D eigenvalue weighted by atomic mass is 16.6. The summed E-state index contributed by atoms with van der Waals surface area (Å²) in [6, 6.07) is 0. The maximum Gasteiger partial charge on any atom is 0.324 e. The predicted molar refractivity (Wildman–Crippen MR) is 102 cm³/mol. The summed E-state index contributed by atoms with van der Waals surface area (Å²) in [5, 5.41) is 0. The van der Waals surface area contributed by atoms with Crippen LogP contribution < -0.4 is 0 Å². The molecule has 0 bridgehead atoms. The molecule has 0 unspecified atom stereocenters. The molecule has 0 aromatic heterocycles. The van der Waals surface area contributed by atoms with Crippen LogP contribution >= 0.6 is 0 Å². The molecule has 0 amide bonds. The molecule has 4 heteroatoms. The van der Waals surface area contributed by atoms with Crippen LogP contribution in [0.2, 0.25) is 0 Å². The van der Waals surface area contributed by atoms with Crippen molar-refractivity contribution in [2.24, 2.45) is 5.41 Å². The summed E-state index contributed by atoms with van der Waals surface area (Å²) in [7, 11) is 0. The van der Waals surface area contributed by atoms with Gasteiger partial charge in [-0.15, -0.1) is 6.58 Å². The van der Waals surface area contributed by atoms with Crippen LogP contribution in [0.15, 0.2) is 35.5 Å². The molecule has 4 nitrogen and oxygen atoms in total. The second-order valence-corrected chi connectivity index (χ2v) is 6.73. The standard InChI is InChI=1S/C21H34O4/c1-8-24-19(22)21(15-17(5)6,20(23)25-9-2)14-13-18(7)12-10-11-16(3)4/h11,13H,5,8-10,12,14-15H2,1-4,6-7H3/b18-13+. The molecule has 0 rings (SSSR count). The van der Waals surface area contributed by atoms with Crippen molar-refractivity contribution in [1.82, 2.24) is 0 Å². The molecule has 0 aliphatic heterocycles. The highest BCUT2D eigenvalue weighted by molar-refractivity contribution is 6.00. The smallest absolute Gasteiger partial charge is 0.324 e. The molecule has 0 saturated heterocycles. The van der Waals surface area contributed by atoms with Crippen LogP contribution in [0.4, 0.5) is 0 Å². The first-order chi connectivity index (χ1) is 11.7. The van der Waals surface area contributed by atoms with E-state index in [9.17, 15) is 9.59 Å². The van der Waals surface area contributed by atoms with Crippen LogP contribution in [-0.2, 0) is 19.1 Å². The SMILES string of the molecule is C=C(C)CC(C/C=C(\C)CCC=C(C)C)(C(=O)OCC)C(=O)OCC. The van der Waals surface area contributed by atoms with Gasteiger partial charge in [-0.3, -0.25) is 9.59 Å². The quantitative estimate of drug-likeness (QED) is 0.294. The first kappa shape index (κ1) is 23.2. The predicted octanol–water partition coefficient (Wildman–Crippen LogP) is 5.15. The van der Waals surface area contributed by atoms with Crippen molar-refractivity contribution in [2.75, 3.05) is 13.2 Å². The molecule has 142 valence electrons. The number of ether oxygens (including phenoxy) is 2. The first-order valence-electron chi connectivity index (χ1n) is 8.97. The Morgan fingerprint density at radius 1 is 0.960 bits per heavy atom. The van der Waals surface area contributed by atoms with E-state index in [-0.39, 0.29) is 26.1 Å². The maximum absolute atomic E-state index is 12.6. The molecule has 0 atom stereocenters. The lowest BCUT2D eigenvalue weighted by molar-refractivity contribution is -0.171. The van der Waals surface area contributed by atoms with Gasteiger partial charge in [0.1, 0.15) is 0 Å². The molecule has 0 aliphatic rings. The van der Waals surface area contributed by atoms with Crippen LogP contribution in [0.25, 0.3) is 0 Å². The van der Waals surface area contributed by atoms with Gasteiger partial charge in [0, 0.05) is 0 Å². The summed E-state index contributed by atoms with van der Waals surface area (Å²) in [4.78, 5) is 25.3. The summed E-state index contributed by atoms with van der Waals surface area (Å²) in [5.41, 5.74) is 1.81. The number of hydrogen-bond donors (Lipinski definition) is 0. The van der Waals surface area contributed by atoms with Crippen molar-refractivity contribution in [1.29, 1.82) is 0 Å². The average molecular weight is 350 g/mol. The topological polar surface area (TPSA) is 52.6 Å². The van der Waals surface area contributed by atoms with E-state index in [0.717, 1.165) is 24.0 Å². The van der Waals surface area contributed by atoms with Crippen molar-refractivity contribution in [3.63, 3.8) is 0 Å². The Kier molecular flexibility index (Phi) is 10.8. The molecule has 0 spiro atoms. The van der Waals surface area contributed by atoms with E-state index >= 15 is 0 Å². The second kappa shape index (κ2) is 11.7. The van der Waals surface area contributed by atoms with E-state index in [1.165, 1.54) is 5.57 Å². The Hall–Kier alpha value is -1.84. The van der Waals surface area contributed by atoms with Crippen LogP contribution in [0, 0.1) is 5.41 Å². The summed E-state index contributed by atoms with van der Waals surface area (Å²) in [6.45, 7) is 15.7. The van der Waals surface area contributed by atoms with E-state index in [1.807, 2.05) is 13.0 Å². The zero-order valence-corrected chi connectivity index (χ0v) is 16.7. The number of carbonyl (C=O) groups excluding carboxylic acids is 2. The minimum absolute atomic E-state index is 0.222. The van der Waals surface area contributed by atoms with Crippen molar-refractivity contribution in [3.05, 3.63) is 35.5 Å². The average Bonchev–Trinajstić information content (AvgIpc) is 2.51. The Labute approximate surface area is 153 Å². The molecule has 0 aromatic carbocycles. The minimum Gasteiger partial charge on any atom is -0.465 e. The van der Waals surface area contributed by atoms with E-state index in [2.05, 4.69) is 26.5 Å². The Bertz CT molecular complexity index is 504. The fourth-order valence-electron chi connectivity index (χ4n) is 2.56. The molecule has 0 fully saturated rings. The van der Waals surface area contributed by atoms with Crippen LogP contribution in [0.1, 0.15) is 67.2 Å². The van der Waals surface area contributed by atoms with E-state index in [1.54, 1.807) is 20.8 Å². The first-order valence-corrected chi connectivity index (χ1v) is 8.97. The second-order valence-electron chi connectivity index (χ2n) is 6.73.